The molecule has 0 aliphatic carbocycles. The molecule has 3 rings (SSSR count). The average molecular weight is 514 g/mol. The molecule has 1 saturated heterocycles. The molecular weight excluding hydrogens is 496 g/mol. The van der Waals surface area contributed by atoms with Crippen molar-refractivity contribution in [2.24, 2.45) is 0 Å². The summed E-state index contributed by atoms with van der Waals surface area (Å²) in [6.45, 7) is 0. The zero-order valence-electron chi connectivity index (χ0n) is 15.8. The molecule has 0 saturated carbocycles. The summed E-state index contributed by atoms with van der Waals surface area (Å²) in [5.74, 6) is -0.706. The van der Waals surface area contributed by atoms with Crippen LogP contribution in [0.2, 0.25) is 4.71 Å². The molecule has 2 aromatic rings. The van der Waals surface area contributed by atoms with Gasteiger partial charge in [-0.3, -0.25) is 14.9 Å². The number of rotatable bonds is 7. The van der Waals surface area contributed by atoms with E-state index in [0.29, 0.717) is 17.7 Å². The molecule has 1 heterocycles. The number of hydrogen-bond donors (Lipinski definition) is 1. The zero-order chi connectivity index (χ0) is 21.0. The maximum atomic E-state index is 14.4. The Labute approximate surface area is 192 Å². The SMILES string of the molecule is COC(=O)[C@@H]([As])Cc1ccc(Oc2ccc(CC3SC(=O)NC3=O)cc2F)cc1.Cl. The van der Waals surface area contributed by atoms with Crippen LogP contribution in [0, 0.1) is 5.82 Å². The number of halogens is 2. The van der Waals surface area contributed by atoms with Crippen LogP contribution in [0.4, 0.5) is 9.18 Å². The third kappa shape index (κ3) is 6.24. The minimum Gasteiger partial charge on any atom is -0.147 e. The molecule has 1 unspecified atom stereocenters. The molecule has 0 aromatic heterocycles. The first-order valence-corrected chi connectivity index (χ1v) is 10.6. The van der Waals surface area contributed by atoms with Gasteiger partial charge in [0.25, 0.3) is 5.24 Å². The van der Waals surface area contributed by atoms with Gasteiger partial charge in [-0.05, 0) is 0 Å². The molecule has 30 heavy (non-hydrogen) atoms. The third-order valence-electron chi connectivity index (χ3n) is 4.24. The van der Waals surface area contributed by atoms with Crippen molar-refractivity contribution in [3.05, 3.63) is 59.4 Å². The minimum absolute atomic E-state index is 0. The van der Waals surface area contributed by atoms with Crippen LogP contribution < -0.4 is 10.1 Å². The Morgan fingerprint density at radius 3 is 2.43 bits per heavy atom. The first-order chi connectivity index (χ1) is 13.9. The second-order valence-corrected chi connectivity index (χ2v) is 8.82. The summed E-state index contributed by atoms with van der Waals surface area (Å²) in [7, 11) is 1.35. The van der Waals surface area contributed by atoms with Crippen molar-refractivity contribution in [1.29, 1.82) is 0 Å². The van der Waals surface area contributed by atoms with Gasteiger partial charge in [0.05, 0.1) is 5.25 Å². The van der Waals surface area contributed by atoms with E-state index in [-0.39, 0.29) is 46.4 Å². The number of hydrogen-bond acceptors (Lipinski definition) is 6. The topological polar surface area (TPSA) is 81.7 Å². The normalized spacial score (nSPS) is 16.4. The van der Waals surface area contributed by atoms with Crippen molar-refractivity contribution >= 4 is 58.1 Å². The standard InChI is InChI=1S/C20H17AsFNO5S.ClH/c1-27-19(25)14(21)8-11-2-5-13(6-3-11)28-16-7-4-12(9-15(16)22)10-17-18(24)23-20(26)29-17;/h2-7,9,14,17H,8,10H2,1H3,(H,23,24,26);1H/t14-,17?;/m0./s1. The van der Waals surface area contributed by atoms with Crippen LogP contribution in [0.5, 0.6) is 11.5 Å². The number of ether oxygens (including phenoxy) is 2. The van der Waals surface area contributed by atoms with E-state index in [2.05, 4.69) is 22.2 Å². The van der Waals surface area contributed by atoms with E-state index in [9.17, 15) is 18.8 Å². The van der Waals surface area contributed by atoms with E-state index in [4.69, 9.17) is 9.47 Å². The summed E-state index contributed by atoms with van der Waals surface area (Å²) in [6, 6.07) is 11.5. The van der Waals surface area contributed by atoms with E-state index >= 15 is 0 Å². The Hall–Kier alpha value is -2.02. The van der Waals surface area contributed by atoms with Gasteiger partial charge in [0.15, 0.2) is 0 Å². The van der Waals surface area contributed by atoms with Crippen LogP contribution in [-0.4, -0.2) is 46.3 Å². The first kappa shape index (κ1) is 24.2. The van der Waals surface area contributed by atoms with Gasteiger partial charge < -0.3 is 0 Å². The van der Waals surface area contributed by atoms with Crippen LogP contribution in [0.3, 0.4) is 0 Å². The molecule has 1 aliphatic rings. The van der Waals surface area contributed by atoms with Crippen LogP contribution in [0.25, 0.3) is 0 Å². The molecule has 1 fully saturated rings. The van der Waals surface area contributed by atoms with E-state index in [1.807, 2.05) is 0 Å². The number of imide groups is 1. The van der Waals surface area contributed by atoms with Crippen molar-refractivity contribution in [2.75, 3.05) is 7.11 Å². The molecule has 1 aliphatic heterocycles. The molecule has 2 amide bonds. The van der Waals surface area contributed by atoms with Gasteiger partial charge in [-0.1, -0.05) is 11.8 Å². The Balaban J connectivity index is 0.00000320. The molecule has 0 bridgehead atoms. The Bertz CT molecular complexity index is 943. The molecular formula is C20H18AsClFNO5S. The molecule has 0 spiro atoms. The van der Waals surface area contributed by atoms with Gasteiger partial charge in [-0.25, -0.2) is 0 Å². The monoisotopic (exact) mass is 513 g/mol. The second-order valence-electron chi connectivity index (χ2n) is 6.34. The second kappa shape index (κ2) is 10.8. The average Bonchev–Trinajstić information content (AvgIpc) is 3.01. The number of benzene rings is 2. The van der Waals surface area contributed by atoms with Gasteiger partial charge in [-0.15, -0.1) is 12.4 Å². The van der Waals surface area contributed by atoms with E-state index < -0.39 is 11.1 Å². The third-order valence-corrected chi connectivity index (χ3v) is 6.04. The smallest absolute Gasteiger partial charge is 0.147 e. The fraction of sp³-hybridized carbons (Fsp3) is 0.250. The summed E-state index contributed by atoms with van der Waals surface area (Å²) < 4.78 is 24.4. The first-order valence-electron chi connectivity index (χ1n) is 8.68. The molecule has 10 heteroatoms. The van der Waals surface area contributed by atoms with Gasteiger partial charge in [0.1, 0.15) is 0 Å². The van der Waals surface area contributed by atoms with Gasteiger partial charge in [0, 0.05) is 0 Å². The summed E-state index contributed by atoms with van der Waals surface area (Å²) in [4.78, 5) is 34.3. The molecule has 6 nitrogen and oxygen atoms in total. The van der Waals surface area contributed by atoms with E-state index in [1.54, 1.807) is 30.3 Å². The van der Waals surface area contributed by atoms with Gasteiger partial charge in [-0.2, -0.15) is 0 Å². The number of nitrogens with one attached hydrogen (secondary N) is 1. The number of carbonyl (C=O) groups is 3. The van der Waals surface area contributed by atoms with Crippen LogP contribution in [0.1, 0.15) is 11.1 Å². The van der Waals surface area contributed by atoms with Crippen LogP contribution in [0.15, 0.2) is 42.5 Å². The fourth-order valence-electron chi connectivity index (χ4n) is 2.76. The predicted molar refractivity (Wildman–Crippen MR) is 114 cm³/mol. The van der Waals surface area contributed by atoms with Crippen molar-refractivity contribution in [1.82, 2.24) is 5.32 Å². The van der Waals surface area contributed by atoms with Gasteiger partial charge in [0.2, 0.25) is 5.91 Å². The number of methoxy groups -OCH3 is 1. The maximum absolute atomic E-state index is 14.4. The summed E-state index contributed by atoms with van der Waals surface area (Å²) in [6.07, 6.45) is 0.760. The number of esters is 1. The molecule has 1 N–H and O–H groups in total. The zero-order valence-corrected chi connectivity index (χ0v) is 19.3. The van der Waals surface area contributed by atoms with Crippen molar-refractivity contribution in [3.8, 4) is 11.5 Å². The Morgan fingerprint density at radius 1 is 1.20 bits per heavy atom. The number of amides is 2. The molecule has 2 atom stereocenters. The predicted octanol–water partition coefficient (Wildman–Crippen LogP) is 3.61. The number of thioether (sulfide) groups is 1. The summed E-state index contributed by atoms with van der Waals surface area (Å²) >= 11 is 3.19. The van der Waals surface area contributed by atoms with Crippen LogP contribution >= 0.6 is 24.2 Å². The van der Waals surface area contributed by atoms with Crippen molar-refractivity contribution in [3.63, 3.8) is 0 Å². The largest absolute Gasteiger partial charge is 0.147 e. The fourth-order valence-corrected chi connectivity index (χ4v) is 4.28. The minimum atomic E-state index is -0.557. The van der Waals surface area contributed by atoms with Crippen molar-refractivity contribution in [2.45, 2.75) is 22.8 Å². The van der Waals surface area contributed by atoms with E-state index in [0.717, 1.165) is 17.3 Å². The van der Waals surface area contributed by atoms with Crippen molar-refractivity contribution < 1.29 is 28.2 Å². The Morgan fingerprint density at radius 2 is 1.87 bits per heavy atom. The summed E-state index contributed by atoms with van der Waals surface area (Å²) in [5.41, 5.74) is 1.52. The summed E-state index contributed by atoms with van der Waals surface area (Å²) in [5, 5.41) is 1.28. The quantitative estimate of drug-likeness (QED) is 0.450. The maximum Gasteiger partial charge on any atom is -0.147 e. The van der Waals surface area contributed by atoms with Crippen LogP contribution in [-0.2, 0) is 27.2 Å². The molecule has 2 aromatic carbocycles. The molecule has 158 valence electrons. The van der Waals surface area contributed by atoms with E-state index in [1.165, 1.54) is 19.2 Å². The molecule has 2 radical (unpaired) electrons. The van der Waals surface area contributed by atoms with Gasteiger partial charge >= 0.3 is 137 Å². The Kier molecular flexibility index (Phi) is 8.76. The number of carbonyl (C=O) groups excluding carboxylic acids is 3.